The Hall–Kier alpha value is -2.75. The quantitative estimate of drug-likeness (QED) is 0.281. The molecule has 3 aromatic rings. The fraction of sp³-hybridized carbons (Fsp3) is 0.273. The minimum atomic E-state index is 0. The number of halogens is 1. The molecule has 0 bridgehead atoms. The molecule has 0 fully saturated rings. The van der Waals surface area contributed by atoms with Crippen LogP contribution in [0, 0.1) is 0 Å². The monoisotopic (exact) mass is 521 g/mol. The van der Waals surface area contributed by atoms with E-state index in [9.17, 15) is 5.11 Å². The van der Waals surface area contributed by atoms with E-state index in [1.54, 1.807) is 6.07 Å². The number of guanidine groups is 1. The van der Waals surface area contributed by atoms with Gasteiger partial charge in [-0.3, -0.25) is 0 Å². The number of hydrogen-bond acceptors (Lipinski definition) is 4. The van der Waals surface area contributed by atoms with Gasteiger partial charge in [0.2, 0.25) is 0 Å². The van der Waals surface area contributed by atoms with Gasteiger partial charge in [0.15, 0.2) is 17.5 Å². The maximum Gasteiger partial charge on any atom is 0.194 e. The third-order valence-corrected chi connectivity index (χ3v) is 4.47. The van der Waals surface area contributed by atoms with Gasteiger partial charge in [-0.25, -0.2) is 9.67 Å². The van der Waals surface area contributed by atoms with Gasteiger partial charge in [0.25, 0.3) is 0 Å². The fourth-order valence-corrected chi connectivity index (χ4v) is 3.00. The second kappa shape index (κ2) is 11.4. The lowest BCUT2D eigenvalue weighted by Gasteiger charge is -2.21. The third kappa shape index (κ3) is 5.88. The molecule has 2 N–H and O–H groups in total. The number of ether oxygens (including phenoxy) is 1. The van der Waals surface area contributed by atoms with E-state index in [-0.39, 0.29) is 29.7 Å². The summed E-state index contributed by atoms with van der Waals surface area (Å²) in [5, 5.41) is 18.0. The highest BCUT2D eigenvalue weighted by Gasteiger charge is 2.11. The minimum Gasteiger partial charge on any atom is -0.504 e. The fourth-order valence-electron chi connectivity index (χ4n) is 3.00. The molecule has 0 spiro atoms. The molecule has 0 aliphatic carbocycles. The molecular weight excluding hydrogens is 493 g/mol. The van der Waals surface area contributed by atoms with Crippen molar-refractivity contribution in [2.75, 3.05) is 20.7 Å². The van der Waals surface area contributed by atoms with Crippen molar-refractivity contribution in [1.82, 2.24) is 20.0 Å². The Morgan fingerprint density at radius 1 is 1.20 bits per heavy atom. The van der Waals surface area contributed by atoms with Crippen molar-refractivity contribution >= 4 is 29.9 Å². The molecular formula is C22H28IN5O2. The first kappa shape index (κ1) is 23.5. The largest absolute Gasteiger partial charge is 0.504 e. The van der Waals surface area contributed by atoms with Crippen LogP contribution in [0.25, 0.3) is 5.69 Å². The molecule has 0 saturated heterocycles. The predicted molar refractivity (Wildman–Crippen MR) is 130 cm³/mol. The Morgan fingerprint density at radius 2 is 1.97 bits per heavy atom. The van der Waals surface area contributed by atoms with E-state index in [1.165, 1.54) is 7.11 Å². The zero-order valence-electron chi connectivity index (χ0n) is 17.4. The summed E-state index contributed by atoms with van der Waals surface area (Å²) in [4.78, 5) is 6.70. The number of nitrogens with one attached hydrogen (secondary N) is 1. The average Bonchev–Trinajstić information content (AvgIpc) is 3.21. The van der Waals surface area contributed by atoms with Gasteiger partial charge in [-0.2, -0.15) is 5.10 Å². The van der Waals surface area contributed by atoms with E-state index in [0.29, 0.717) is 24.4 Å². The summed E-state index contributed by atoms with van der Waals surface area (Å²) in [5.41, 5.74) is 2.81. The normalized spacial score (nSPS) is 11.0. The molecule has 0 aliphatic heterocycles. The van der Waals surface area contributed by atoms with Crippen molar-refractivity contribution in [2.45, 2.75) is 20.0 Å². The predicted octanol–water partition coefficient (Wildman–Crippen LogP) is 3.80. The number of aliphatic imine (C=N–C) groups is 1. The lowest BCUT2D eigenvalue weighted by molar-refractivity contribution is 0.370. The van der Waals surface area contributed by atoms with Gasteiger partial charge < -0.3 is 20.1 Å². The number of para-hydroxylation sites is 2. The van der Waals surface area contributed by atoms with Crippen molar-refractivity contribution in [2.24, 2.45) is 4.99 Å². The van der Waals surface area contributed by atoms with E-state index in [1.807, 2.05) is 78.4 Å². The van der Waals surface area contributed by atoms with E-state index in [4.69, 9.17) is 4.74 Å². The molecule has 30 heavy (non-hydrogen) atoms. The molecule has 0 aliphatic rings. The maximum absolute atomic E-state index is 10.3. The molecule has 0 radical (unpaired) electrons. The van der Waals surface area contributed by atoms with Crippen LogP contribution in [0.1, 0.15) is 18.1 Å². The molecule has 1 aromatic heterocycles. The zero-order valence-corrected chi connectivity index (χ0v) is 19.8. The lowest BCUT2D eigenvalue weighted by Crippen LogP contribution is -2.38. The molecule has 0 atom stereocenters. The van der Waals surface area contributed by atoms with Crippen LogP contribution < -0.4 is 10.1 Å². The molecule has 160 valence electrons. The summed E-state index contributed by atoms with van der Waals surface area (Å²) < 4.78 is 7.03. The molecule has 0 unspecified atom stereocenters. The summed E-state index contributed by atoms with van der Waals surface area (Å²) in [5.74, 6) is 1.33. The van der Waals surface area contributed by atoms with Crippen molar-refractivity contribution < 1.29 is 9.84 Å². The highest BCUT2D eigenvalue weighted by atomic mass is 127. The van der Waals surface area contributed by atoms with Crippen LogP contribution in [0.15, 0.2) is 65.9 Å². The average molecular weight is 521 g/mol. The van der Waals surface area contributed by atoms with E-state index in [0.717, 1.165) is 23.8 Å². The van der Waals surface area contributed by atoms with Gasteiger partial charge in [0.05, 0.1) is 25.5 Å². The number of hydrogen-bond donors (Lipinski definition) is 2. The van der Waals surface area contributed by atoms with Crippen LogP contribution in [0.4, 0.5) is 0 Å². The van der Waals surface area contributed by atoms with Gasteiger partial charge in [0, 0.05) is 37.5 Å². The molecule has 8 heteroatoms. The first-order valence-electron chi connectivity index (χ1n) is 9.55. The number of aromatic hydroxyl groups is 1. The van der Waals surface area contributed by atoms with Gasteiger partial charge in [-0.15, -0.1) is 24.0 Å². The Bertz CT molecular complexity index is 959. The highest BCUT2D eigenvalue weighted by Crippen LogP contribution is 2.29. The molecule has 3 rings (SSSR count). The number of phenols is 1. The minimum absolute atomic E-state index is 0. The second-order valence-electron chi connectivity index (χ2n) is 6.62. The van der Waals surface area contributed by atoms with Gasteiger partial charge in [-0.05, 0) is 25.1 Å². The summed E-state index contributed by atoms with van der Waals surface area (Å²) in [6, 6.07) is 15.4. The Labute approximate surface area is 194 Å². The van der Waals surface area contributed by atoms with Gasteiger partial charge in [-0.1, -0.05) is 30.3 Å². The van der Waals surface area contributed by atoms with Gasteiger partial charge >= 0.3 is 0 Å². The number of benzene rings is 2. The summed E-state index contributed by atoms with van der Waals surface area (Å²) in [6.07, 6.45) is 3.88. The second-order valence-corrected chi connectivity index (χ2v) is 6.62. The van der Waals surface area contributed by atoms with Crippen LogP contribution in [0.5, 0.6) is 11.5 Å². The topological polar surface area (TPSA) is 74.9 Å². The number of methoxy groups -OCH3 is 1. The number of nitrogens with zero attached hydrogens (tertiary/aromatic N) is 4. The Kier molecular flexibility index (Phi) is 8.97. The van der Waals surface area contributed by atoms with Crippen molar-refractivity contribution in [3.63, 3.8) is 0 Å². The Balaban J connectivity index is 0.00000320. The van der Waals surface area contributed by atoms with E-state index in [2.05, 4.69) is 15.4 Å². The van der Waals surface area contributed by atoms with Crippen molar-refractivity contribution in [1.29, 1.82) is 0 Å². The maximum atomic E-state index is 10.3. The van der Waals surface area contributed by atoms with Crippen molar-refractivity contribution in [3.8, 4) is 17.2 Å². The van der Waals surface area contributed by atoms with Gasteiger partial charge in [0.1, 0.15) is 0 Å². The number of phenolic OH excluding ortho intramolecular Hbond substituents is 1. The standard InChI is InChI=1S/C22H27N5O2.HI/c1-4-23-22(24-14-18-9-8-12-20(29-3)21(18)28)26(2)15-17-13-25-27(16-17)19-10-6-5-7-11-19;/h5-13,16,28H,4,14-15H2,1-3H3,(H,23,24);1H. The van der Waals surface area contributed by atoms with Crippen LogP contribution >= 0.6 is 24.0 Å². The van der Waals surface area contributed by atoms with Crippen LogP contribution in [-0.2, 0) is 13.1 Å². The molecule has 7 nitrogen and oxygen atoms in total. The SMILES string of the molecule is CCNC(=NCc1cccc(OC)c1O)N(C)Cc1cnn(-c2ccccc2)c1.I. The summed E-state index contributed by atoms with van der Waals surface area (Å²) in [6.45, 7) is 3.78. The highest BCUT2D eigenvalue weighted by molar-refractivity contribution is 14.0. The first-order chi connectivity index (χ1) is 14.1. The van der Waals surface area contributed by atoms with Crippen LogP contribution in [0.2, 0.25) is 0 Å². The summed E-state index contributed by atoms with van der Waals surface area (Å²) >= 11 is 0. The first-order valence-corrected chi connectivity index (χ1v) is 9.55. The molecule has 2 aromatic carbocycles. The smallest absolute Gasteiger partial charge is 0.194 e. The van der Waals surface area contributed by atoms with Crippen molar-refractivity contribution in [3.05, 3.63) is 72.1 Å². The number of rotatable bonds is 7. The van der Waals surface area contributed by atoms with E-state index < -0.39 is 0 Å². The van der Waals surface area contributed by atoms with E-state index >= 15 is 0 Å². The molecule has 0 amide bonds. The molecule has 0 saturated carbocycles. The zero-order chi connectivity index (χ0) is 20.6. The van der Waals surface area contributed by atoms with Crippen LogP contribution in [-0.4, -0.2) is 46.4 Å². The van der Waals surface area contributed by atoms with Crippen LogP contribution in [0.3, 0.4) is 0 Å². The Morgan fingerprint density at radius 3 is 2.67 bits per heavy atom. The third-order valence-electron chi connectivity index (χ3n) is 4.47. The number of aromatic nitrogens is 2. The lowest BCUT2D eigenvalue weighted by atomic mass is 10.2. The molecule has 1 heterocycles. The summed E-state index contributed by atoms with van der Waals surface area (Å²) in [7, 11) is 3.52.